The zero-order chi connectivity index (χ0) is 23.1. The van der Waals surface area contributed by atoms with Crippen LogP contribution in [0.3, 0.4) is 0 Å². The first-order chi connectivity index (χ1) is 15.4. The Bertz CT molecular complexity index is 992. The lowest BCUT2D eigenvalue weighted by atomic mass is 10.1. The van der Waals surface area contributed by atoms with Gasteiger partial charge in [-0.2, -0.15) is 5.26 Å². The highest BCUT2D eigenvalue weighted by atomic mass is 16.5. The summed E-state index contributed by atoms with van der Waals surface area (Å²) in [4.78, 5) is 12.7. The molecule has 0 saturated heterocycles. The summed E-state index contributed by atoms with van der Waals surface area (Å²) in [5.74, 6) is 0.353. The van der Waals surface area contributed by atoms with Crippen LogP contribution in [0.15, 0.2) is 35.9 Å². The molecule has 1 aromatic heterocycles. The molecule has 0 radical (unpaired) electrons. The Morgan fingerprint density at radius 2 is 1.91 bits per heavy atom. The zero-order valence-electron chi connectivity index (χ0n) is 19.6. The number of hydrogen-bond donors (Lipinski definition) is 2. The number of benzene rings is 1. The van der Waals surface area contributed by atoms with Crippen LogP contribution in [0.4, 0.5) is 11.4 Å². The second-order valence-corrected chi connectivity index (χ2v) is 8.73. The predicted octanol–water partition coefficient (Wildman–Crippen LogP) is 5.46. The molecular weight excluding hydrogens is 400 g/mol. The molecule has 1 heterocycles. The molecule has 3 rings (SSSR count). The van der Waals surface area contributed by atoms with Gasteiger partial charge < -0.3 is 19.9 Å². The predicted molar refractivity (Wildman–Crippen MR) is 130 cm³/mol. The molecule has 0 aliphatic heterocycles. The molecule has 2 aromatic rings. The highest BCUT2D eigenvalue weighted by Crippen LogP contribution is 2.26. The van der Waals surface area contributed by atoms with Crippen LogP contribution in [0, 0.1) is 31.1 Å². The molecular formula is C26H34N4O2. The first-order valence-corrected chi connectivity index (χ1v) is 11.4. The molecule has 1 saturated carbocycles. The van der Waals surface area contributed by atoms with Gasteiger partial charge in [-0.1, -0.05) is 12.8 Å². The number of hydrogen-bond acceptors (Lipinski definition) is 4. The van der Waals surface area contributed by atoms with Crippen molar-refractivity contribution < 1.29 is 9.53 Å². The number of nitrogens with one attached hydrogen (secondary N) is 2. The number of carbonyl (C=O) groups is 1. The van der Waals surface area contributed by atoms with Crippen LogP contribution in [0.5, 0.6) is 0 Å². The Morgan fingerprint density at radius 3 is 2.53 bits per heavy atom. The minimum atomic E-state index is -0.408. The fraction of sp³-hybridized carbons (Fsp3) is 0.462. The van der Waals surface area contributed by atoms with E-state index in [9.17, 15) is 10.1 Å². The lowest BCUT2D eigenvalue weighted by molar-refractivity contribution is -0.112. The van der Waals surface area contributed by atoms with Crippen molar-refractivity contribution in [2.24, 2.45) is 5.92 Å². The second kappa shape index (κ2) is 11.0. The first kappa shape index (κ1) is 23.6. The van der Waals surface area contributed by atoms with Gasteiger partial charge in [-0.25, -0.2) is 0 Å². The Morgan fingerprint density at radius 1 is 1.25 bits per heavy atom. The van der Waals surface area contributed by atoms with E-state index in [0.717, 1.165) is 35.1 Å². The van der Waals surface area contributed by atoms with Crippen molar-refractivity contribution in [1.82, 2.24) is 4.57 Å². The van der Waals surface area contributed by atoms with Crippen molar-refractivity contribution in [3.05, 3.63) is 52.9 Å². The van der Waals surface area contributed by atoms with Crippen LogP contribution < -0.4 is 10.6 Å². The van der Waals surface area contributed by atoms with E-state index >= 15 is 0 Å². The van der Waals surface area contributed by atoms with Gasteiger partial charge in [0.25, 0.3) is 5.91 Å². The Hall–Kier alpha value is -3.04. The first-order valence-electron chi connectivity index (χ1n) is 11.4. The quantitative estimate of drug-likeness (QED) is 0.406. The van der Waals surface area contributed by atoms with Crippen molar-refractivity contribution in [3.8, 4) is 6.07 Å². The number of aromatic nitrogens is 1. The van der Waals surface area contributed by atoms with Crippen molar-refractivity contribution in [3.63, 3.8) is 0 Å². The standard InChI is InChI=1S/C26H34N4O2/c1-18-13-22(20(3)30(18)19(2)17-32-4)14-23(15-27)26(31)29-25-11-9-24(10-12-25)28-16-21-7-5-6-8-21/h9-14,19,21,28H,5-8,16-17H2,1-4H3,(H,29,31)/b23-14-. The molecule has 0 spiro atoms. The maximum Gasteiger partial charge on any atom is 0.266 e. The molecule has 6 nitrogen and oxygen atoms in total. The Kier molecular flexibility index (Phi) is 8.13. The van der Waals surface area contributed by atoms with E-state index in [1.807, 2.05) is 50.2 Å². The van der Waals surface area contributed by atoms with Crippen LogP contribution in [0.1, 0.15) is 55.6 Å². The smallest absolute Gasteiger partial charge is 0.266 e. The summed E-state index contributed by atoms with van der Waals surface area (Å²) in [6, 6.07) is 11.9. The molecule has 1 aliphatic carbocycles. The van der Waals surface area contributed by atoms with Gasteiger partial charge in [-0.05, 0) is 81.5 Å². The summed E-state index contributed by atoms with van der Waals surface area (Å²) in [5.41, 5.74) is 4.73. The van der Waals surface area contributed by atoms with Crippen molar-refractivity contribution in [2.45, 2.75) is 52.5 Å². The SMILES string of the molecule is COCC(C)n1c(C)cc(/C=C(/C#N)C(=O)Nc2ccc(NCC3CCCC3)cc2)c1C. The third-order valence-corrected chi connectivity index (χ3v) is 6.25. The minimum Gasteiger partial charge on any atom is -0.385 e. The molecule has 1 fully saturated rings. The van der Waals surface area contributed by atoms with E-state index in [4.69, 9.17) is 4.74 Å². The largest absolute Gasteiger partial charge is 0.385 e. The summed E-state index contributed by atoms with van der Waals surface area (Å²) >= 11 is 0. The van der Waals surface area contributed by atoms with Crippen LogP contribution in [-0.4, -0.2) is 30.7 Å². The highest BCUT2D eigenvalue weighted by Gasteiger charge is 2.16. The molecule has 1 amide bonds. The molecule has 6 heteroatoms. The van der Waals surface area contributed by atoms with Gasteiger partial charge in [0.2, 0.25) is 0 Å². The van der Waals surface area contributed by atoms with E-state index in [-0.39, 0.29) is 11.6 Å². The Labute approximate surface area is 191 Å². The van der Waals surface area contributed by atoms with Crippen LogP contribution >= 0.6 is 0 Å². The number of carbonyl (C=O) groups excluding carboxylic acids is 1. The summed E-state index contributed by atoms with van der Waals surface area (Å²) in [5, 5.41) is 15.9. The van der Waals surface area contributed by atoms with E-state index in [1.54, 1.807) is 13.2 Å². The monoisotopic (exact) mass is 434 g/mol. The van der Waals surface area contributed by atoms with Crippen molar-refractivity contribution in [1.29, 1.82) is 5.26 Å². The maximum atomic E-state index is 12.7. The molecule has 170 valence electrons. The molecule has 1 aromatic carbocycles. The zero-order valence-corrected chi connectivity index (χ0v) is 19.6. The van der Waals surface area contributed by atoms with Gasteiger partial charge in [0.1, 0.15) is 11.6 Å². The second-order valence-electron chi connectivity index (χ2n) is 8.73. The number of methoxy groups -OCH3 is 1. The number of anilines is 2. The van der Waals surface area contributed by atoms with E-state index in [0.29, 0.717) is 12.3 Å². The summed E-state index contributed by atoms with van der Waals surface area (Å²) < 4.78 is 7.44. The average Bonchev–Trinajstić information content (AvgIpc) is 3.39. The van der Waals surface area contributed by atoms with Crippen LogP contribution in [-0.2, 0) is 9.53 Å². The molecule has 1 atom stereocenters. The normalized spacial score (nSPS) is 15.4. The third-order valence-electron chi connectivity index (χ3n) is 6.25. The van der Waals surface area contributed by atoms with E-state index < -0.39 is 5.91 Å². The minimum absolute atomic E-state index is 0.0769. The van der Waals surface area contributed by atoms with Crippen molar-refractivity contribution >= 4 is 23.4 Å². The lowest BCUT2D eigenvalue weighted by Crippen LogP contribution is -2.14. The van der Waals surface area contributed by atoms with Crippen LogP contribution in [0.2, 0.25) is 0 Å². The fourth-order valence-electron chi connectivity index (χ4n) is 4.59. The maximum absolute atomic E-state index is 12.7. The topological polar surface area (TPSA) is 79.1 Å². The van der Waals surface area contributed by atoms with Gasteiger partial charge in [-0.15, -0.1) is 0 Å². The van der Waals surface area contributed by atoms with Gasteiger partial charge in [0.05, 0.1) is 12.6 Å². The summed E-state index contributed by atoms with van der Waals surface area (Å²) in [7, 11) is 1.68. The molecule has 32 heavy (non-hydrogen) atoms. The van der Waals surface area contributed by atoms with E-state index in [2.05, 4.69) is 22.1 Å². The lowest BCUT2D eigenvalue weighted by Gasteiger charge is -2.17. The Balaban J connectivity index is 1.66. The number of ether oxygens (including phenoxy) is 1. The number of amides is 1. The summed E-state index contributed by atoms with van der Waals surface area (Å²) in [6.07, 6.45) is 6.94. The highest BCUT2D eigenvalue weighted by molar-refractivity contribution is 6.09. The number of nitriles is 1. The number of nitrogens with zero attached hydrogens (tertiary/aromatic N) is 2. The van der Waals surface area contributed by atoms with Gasteiger partial charge in [0, 0.05) is 36.4 Å². The molecule has 0 bridgehead atoms. The molecule has 1 aliphatic rings. The van der Waals surface area contributed by atoms with E-state index in [1.165, 1.54) is 25.7 Å². The van der Waals surface area contributed by atoms with Crippen molar-refractivity contribution in [2.75, 3.05) is 30.9 Å². The average molecular weight is 435 g/mol. The molecule has 2 N–H and O–H groups in total. The fourth-order valence-corrected chi connectivity index (χ4v) is 4.59. The van der Waals surface area contributed by atoms with Gasteiger partial charge in [0.15, 0.2) is 0 Å². The molecule has 1 unspecified atom stereocenters. The van der Waals surface area contributed by atoms with Crippen LogP contribution in [0.25, 0.3) is 6.08 Å². The third kappa shape index (κ3) is 5.80. The number of rotatable bonds is 9. The number of aryl methyl sites for hydroxylation is 1. The van der Waals surface area contributed by atoms with Gasteiger partial charge >= 0.3 is 0 Å². The summed E-state index contributed by atoms with van der Waals surface area (Å²) in [6.45, 7) is 7.69. The van der Waals surface area contributed by atoms with Gasteiger partial charge in [-0.3, -0.25) is 4.79 Å².